The predicted octanol–water partition coefficient (Wildman–Crippen LogP) is 0.0695. The third-order valence-electron chi connectivity index (χ3n) is 2.82. The van der Waals surface area contributed by atoms with E-state index in [4.69, 9.17) is 4.42 Å². The highest BCUT2D eigenvalue weighted by Gasteiger charge is 2.25. The van der Waals surface area contributed by atoms with Crippen molar-refractivity contribution in [2.75, 3.05) is 20.7 Å². The first kappa shape index (κ1) is 13.8. The van der Waals surface area contributed by atoms with Crippen molar-refractivity contribution >= 4 is 23.0 Å². The Kier molecular flexibility index (Phi) is 3.55. The third-order valence-corrected chi connectivity index (χ3v) is 2.82. The molecule has 0 spiro atoms. The van der Waals surface area contributed by atoms with Crippen molar-refractivity contribution in [1.82, 2.24) is 14.9 Å². The van der Waals surface area contributed by atoms with Crippen molar-refractivity contribution in [2.24, 2.45) is 0 Å². The van der Waals surface area contributed by atoms with Crippen LogP contribution < -0.4 is 5.56 Å². The lowest BCUT2D eigenvalue weighted by atomic mass is 10.1. The van der Waals surface area contributed by atoms with Crippen LogP contribution in [-0.4, -0.2) is 47.4 Å². The molecule has 0 saturated carbocycles. The maximum atomic E-state index is 12.3. The molecule has 0 radical (unpaired) electrons. The maximum Gasteiger partial charge on any atom is 0.325 e. The van der Waals surface area contributed by atoms with Crippen LogP contribution in [0.15, 0.2) is 15.5 Å². The lowest BCUT2D eigenvalue weighted by Gasteiger charge is -2.14. The second kappa shape index (κ2) is 5.16. The van der Waals surface area contributed by atoms with Crippen molar-refractivity contribution in [1.29, 1.82) is 0 Å². The van der Waals surface area contributed by atoms with Gasteiger partial charge in [0.2, 0.25) is 5.71 Å². The summed E-state index contributed by atoms with van der Waals surface area (Å²) in [6, 6.07) is 0. The summed E-state index contributed by atoms with van der Waals surface area (Å²) in [5.41, 5.74) is -0.288. The molecule has 8 nitrogen and oxygen atoms in total. The number of likely N-dealkylation sites (N-methyl/N-ethyl adjacent to an activating group) is 1. The van der Waals surface area contributed by atoms with Crippen LogP contribution in [-0.2, 0) is 9.53 Å². The van der Waals surface area contributed by atoms with Gasteiger partial charge in [-0.1, -0.05) is 0 Å². The summed E-state index contributed by atoms with van der Waals surface area (Å²) in [5.74, 6) is -0.797. The summed E-state index contributed by atoms with van der Waals surface area (Å²) in [4.78, 5) is 42.7. The van der Waals surface area contributed by atoms with E-state index in [1.54, 1.807) is 6.92 Å². The number of nitrogens with one attached hydrogen (secondary N) is 1. The molecule has 106 valence electrons. The lowest BCUT2D eigenvalue weighted by Crippen LogP contribution is -2.33. The Balaban J connectivity index is 2.47. The van der Waals surface area contributed by atoms with E-state index in [-0.39, 0.29) is 29.0 Å². The number of furan rings is 1. The molecule has 2 heterocycles. The molecular weight excluding hydrogens is 266 g/mol. The molecule has 1 N–H and O–H groups in total. The van der Waals surface area contributed by atoms with Crippen molar-refractivity contribution in [3.05, 3.63) is 28.0 Å². The first-order chi connectivity index (χ1) is 9.45. The molecular formula is C12H13N3O5. The standard InChI is InChI=1S/C12H13N3O5/c1-6-8(12(18)15(2)4-7(16)19-3)9-10(17)13-5-14-11(9)20-6/h5H,4H2,1-3H3,(H,13,14,17). The maximum absolute atomic E-state index is 12.3. The van der Waals surface area contributed by atoms with Crippen LogP contribution in [0.1, 0.15) is 16.1 Å². The largest absolute Gasteiger partial charge is 0.468 e. The number of esters is 1. The first-order valence-corrected chi connectivity index (χ1v) is 5.74. The molecule has 8 heteroatoms. The minimum Gasteiger partial charge on any atom is -0.468 e. The van der Waals surface area contributed by atoms with Crippen LogP contribution in [0.25, 0.3) is 11.1 Å². The first-order valence-electron chi connectivity index (χ1n) is 5.74. The number of hydrogen-bond donors (Lipinski definition) is 1. The number of ether oxygens (including phenoxy) is 1. The van der Waals surface area contributed by atoms with Crippen molar-refractivity contribution in [2.45, 2.75) is 6.92 Å². The number of fused-ring (bicyclic) bond motifs is 1. The van der Waals surface area contributed by atoms with E-state index in [0.717, 1.165) is 4.90 Å². The molecule has 2 aromatic rings. The zero-order valence-electron chi connectivity index (χ0n) is 11.2. The average molecular weight is 279 g/mol. The Morgan fingerprint density at radius 1 is 1.50 bits per heavy atom. The van der Waals surface area contributed by atoms with Gasteiger partial charge in [0.1, 0.15) is 17.7 Å². The number of hydrogen-bond acceptors (Lipinski definition) is 6. The average Bonchev–Trinajstić information content (AvgIpc) is 2.75. The zero-order chi connectivity index (χ0) is 14.9. The second-order valence-corrected chi connectivity index (χ2v) is 4.18. The molecule has 0 bridgehead atoms. The number of aromatic nitrogens is 2. The number of aryl methyl sites for hydroxylation is 1. The Morgan fingerprint density at radius 3 is 2.85 bits per heavy atom. The van der Waals surface area contributed by atoms with Gasteiger partial charge in [-0.15, -0.1) is 0 Å². The highest BCUT2D eigenvalue weighted by molar-refractivity contribution is 6.06. The zero-order valence-corrected chi connectivity index (χ0v) is 11.2. The van der Waals surface area contributed by atoms with E-state index in [1.807, 2.05) is 0 Å². The van der Waals surface area contributed by atoms with Gasteiger partial charge in [0.25, 0.3) is 11.5 Å². The molecule has 0 fully saturated rings. The topological polar surface area (TPSA) is 106 Å². The Labute approximate surface area is 113 Å². The molecule has 0 aromatic carbocycles. The highest BCUT2D eigenvalue weighted by atomic mass is 16.5. The molecule has 0 aliphatic carbocycles. The summed E-state index contributed by atoms with van der Waals surface area (Å²) < 4.78 is 9.78. The van der Waals surface area contributed by atoms with Crippen LogP contribution in [0.3, 0.4) is 0 Å². The monoisotopic (exact) mass is 279 g/mol. The number of carbonyl (C=O) groups excluding carboxylic acids is 2. The van der Waals surface area contributed by atoms with E-state index >= 15 is 0 Å². The van der Waals surface area contributed by atoms with Crippen LogP contribution in [0, 0.1) is 6.92 Å². The van der Waals surface area contributed by atoms with Crippen LogP contribution in [0.5, 0.6) is 0 Å². The normalized spacial score (nSPS) is 10.6. The summed E-state index contributed by atoms with van der Waals surface area (Å²) in [6.45, 7) is 1.33. The number of rotatable bonds is 3. The number of methoxy groups -OCH3 is 1. The second-order valence-electron chi connectivity index (χ2n) is 4.18. The summed E-state index contributed by atoms with van der Waals surface area (Å²) in [5, 5.41) is 0.0757. The summed E-state index contributed by atoms with van der Waals surface area (Å²) in [6.07, 6.45) is 1.19. The van der Waals surface area contributed by atoms with Gasteiger partial charge in [-0.05, 0) is 6.92 Å². The van der Waals surface area contributed by atoms with Crippen molar-refractivity contribution in [3.63, 3.8) is 0 Å². The minimum atomic E-state index is -0.557. The van der Waals surface area contributed by atoms with E-state index in [9.17, 15) is 14.4 Å². The molecule has 2 rings (SSSR count). The Morgan fingerprint density at radius 2 is 2.20 bits per heavy atom. The smallest absolute Gasteiger partial charge is 0.325 e. The fourth-order valence-corrected chi connectivity index (χ4v) is 1.83. The number of amides is 1. The number of nitrogens with zero attached hydrogens (tertiary/aromatic N) is 2. The quantitative estimate of drug-likeness (QED) is 0.797. The van der Waals surface area contributed by atoms with Gasteiger partial charge in [0, 0.05) is 7.05 Å². The molecule has 0 unspecified atom stereocenters. The Bertz CT molecular complexity index is 730. The van der Waals surface area contributed by atoms with Crippen molar-refractivity contribution < 1.29 is 18.7 Å². The van der Waals surface area contributed by atoms with E-state index in [1.165, 1.54) is 20.5 Å². The molecule has 0 atom stereocenters. The summed E-state index contributed by atoms with van der Waals surface area (Å²) in [7, 11) is 2.66. The molecule has 1 amide bonds. The van der Waals surface area contributed by atoms with Gasteiger partial charge < -0.3 is 19.0 Å². The fraction of sp³-hybridized carbons (Fsp3) is 0.333. The van der Waals surface area contributed by atoms with Crippen LogP contribution in [0.4, 0.5) is 0 Å². The summed E-state index contributed by atoms with van der Waals surface area (Å²) >= 11 is 0. The minimum absolute atomic E-state index is 0.0757. The van der Waals surface area contributed by atoms with Crippen LogP contribution >= 0.6 is 0 Å². The predicted molar refractivity (Wildman–Crippen MR) is 68.3 cm³/mol. The molecule has 20 heavy (non-hydrogen) atoms. The van der Waals surface area contributed by atoms with E-state index < -0.39 is 17.4 Å². The third kappa shape index (κ3) is 2.27. The highest BCUT2D eigenvalue weighted by Crippen LogP contribution is 2.21. The van der Waals surface area contributed by atoms with Crippen molar-refractivity contribution in [3.8, 4) is 0 Å². The van der Waals surface area contributed by atoms with Gasteiger partial charge in [-0.3, -0.25) is 14.4 Å². The fourth-order valence-electron chi connectivity index (χ4n) is 1.83. The van der Waals surface area contributed by atoms with Gasteiger partial charge in [-0.25, -0.2) is 4.98 Å². The van der Waals surface area contributed by atoms with Gasteiger partial charge in [0.15, 0.2) is 0 Å². The van der Waals surface area contributed by atoms with Crippen LogP contribution in [0.2, 0.25) is 0 Å². The van der Waals surface area contributed by atoms with Gasteiger partial charge >= 0.3 is 5.97 Å². The lowest BCUT2D eigenvalue weighted by molar-refractivity contribution is -0.141. The van der Waals surface area contributed by atoms with E-state index in [2.05, 4.69) is 14.7 Å². The van der Waals surface area contributed by atoms with Gasteiger partial charge in [0.05, 0.1) is 19.0 Å². The Hall–Kier alpha value is -2.64. The number of aromatic amines is 1. The van der Waals surface area contributed by atoms with E-state index in [0.29, 0.717) is 0 Å². The SMILES string of the molecule is COC(=O)CN(C)C(=O)c1c(C)oc2nc[nH]c(=O)c12. The molecule has 0 aliphatic heterocycles. The van der Waals surface area contributed by atoms with Gasteiger partial charge in [-0.2, -0.15) is 0 Å². The molecule has 2 aromatic heterocycles. The molecule has 0 aliphatic rings. The number of carbonyl (C=O) groups is 2. The number of H-pyrrole nitrogens is 1. The molecule has 0 saturated heterocycles.